The van der Waals surface area contributed by atoms with Gasteiger partial charge in [-0.15, -0.1) is 0 Å². The Hall–Kier alpha value is -1.51. The molecular weight excluding hydrogens is 269 g/mol. The Morgan fingerprint density at radius 3 is 2.50 bits per heavy atom. The second-order valence-electron chi connectivity index (χ2n) is 4.19. The van der Waals surface area contributed by atoms with Gasteiger partial charge in [0.15, 0.2) is 0 Å². The monoisotopic (exact) mass is 277 g/mol. The maximum absolute atomic E-state index is 11.3. The Balaban J connectivity index is 2.14. The molecule has 2 aromatic rings. The number of rotatable bonds is 1. The summed E-state index contributed by atoms with van der Waals surface area (Å²) in [6, 6.07) is 11.2. The third kappa shape index (κ3) is 1.88. The molecule has 2 aromatic carbocycles. The van der Waals surface area contributed by atoms with Gasteiger partial charge in [-0.1, -0.05) is 35.3 Å². The van der Waals surface area contributed by atoms with Crippen LogP contribution in [0.25, 0.3) is 11.1 Å². The lowest BCUT2D eigenvalue weighted by atomic mass is 10.0. The molecule has 3 rings (SSSR count). The van der Waals surface area contributed by atoms with Crippen LogP contribution in [0.3, 0.4) is 0 Å². The fourth-order valence-corrected chi connectivity index (χ4v) is 2.77. The quantitative estimate of drug-likeness (QED) is 0.834. The van der Waals surface area contributed by atoms with Crippen LogP contribution >= 0.6 is 23.2 Å². The van der Waals surface area contributed by atoms with Gasteiger partial charge in [-0.2, -0.15) is 0 Å². The predicted octanol–water partition coefficient (Wildman–Crippen LogP) is 4.16. The van der Waals surface area contributed by atoms with Gasteiger partial charge < -0.3 is 5.32 Å². The van der Waals surface area contributed by atoms with Crippen molar-refractivity contribution in [2.75, 3.05) is 5.32 Å². The first kappa shape index (κ1) is 11.6. The maximum atomic E-state index is 11.3. The van der Waals surface area contributed by atoms with Gasteiger partial charge in [-0.05, 0) is 35.4 Å². The molecule has 0 saturated carbocycles. The van der Waals surface area contributed by atoms with E-state index in [1.165, 1.54) is 0 Å². The minimum atomic E-state index is 0.0207. The first-order valence-corrected chi connectivity index (χ1v) is 6.28. The molecule has 18 heavy (non-hydrogen) atoms. The van der Waals surface area contributed by atoms with Crippen molar-refractivity contribution < 1.29 is 4.79 Å². The van der Waals surface area contributed by atoms with Crippen molar-refractivity contribution in [3.8, 4) is 11.1 Å². The van der Waals surface area contributed by atoms with Crippen molar-refractivity contribution >= 4 is 34.8 Å². The van der Waals surface area contributed by atoms with Crippen molar-refractivity contribution in [1.82, 2.24) is 0 Å². The van der Waals surface area contributed by atoms with E-state index in [1.54, 1.807) is 12.1 Å². The summed E-state index contributed by atoms with van der Waals surface area (Å²) in [5.74, 6) is 0.0207. The van der Waals surface area contributed by atoms with E-state index in [-0.39, 0.29) is 5.91 Å². The van der Waals surface area contributed by atoms with Gasteiger partial charge >= 0.3 is 0 Å². The van der Waals surface area contributed by atoms with Crippen LogP contribution in [0.5, 0.6) is 0 Å². The molecule has 0 atom stereocenters. The molecule has 90 valence electrons. The van der Waals surface area contributed by atoms with Crippen molar-refractivity contribution in [3.05, 3.63) is 52.0 Å². The van der Waals surface area contributed by atoms with Gasteiger partial charge in [-0.3, -0.25) is 4.79 Å². The molecule has 1 aliphatic heterocycles. The zero-order chi connectivity index (χ0) is 12.7. The maximum Gasteiger partial charge on any atom is 0.228 e. The largest absolute Gasteiger partial charge is 0.326 e. The Kier molecular flexibility index (Phi) is 2.77. The molecule has 0 fully saturated rings. The molecule has 2 nitrogen and oxygen atoms in total. The molecule has 1 aliphatic rings. The molecule has 0 aliphatic carbocycles. The van der Waals surface area contributed by atoms with Crippen LogP contribution in [-0.4, -0.2) is 5.91 Å². The molecule has 0 aromatic heterocycles. The SMILES string of the molecule is O=C1Cc2cc(-c3c(Cl)cccc3Cl)ccc2N1. The fraction of sp³-hybridized carbons (Fsp3) is 0.0714. The van der Waals surface area contributed by atoms with E-state index in [2.05, 4.69) is 5.32 Å². The smallest absolute Gasteiger partial charge is 0.228 e. The van der Waals surface area contributed by atoms with Crippen LogP contribution in [0.1, 0.15) is 5.56 Å². The van der Waals surface area contributed by atoms with E-state index < -0.39 is 0 Å². The van der Waals surface area contributed by atoms with Crippen molar-refractivity contribution in [2.45, 2.75) is 6.42 Å². The highest BCUT2D eigenvalue weighted by Crippen LogP contribution is 2.37. The third-order valence-electron chi connectivity index (χ3n) is 2.98. The van der Waals surface area contributed by atoms with Gasteiger partial charge in [0.05, 0.1) is 6.42 Å². The summed E-state index contributed by atoms with van der Waals surface area (Å²) in [6.45, 7) is 0. The molecule has 1 heterocycles. The lowest BCUT2D eigenvalue weighted by Crippen LogP contribution is -2.03. The number of anilines is 1. The number of amides is 1. The molecule has 4 heteroatoms. The van der Waals surface area contributed by atoms with E-state index in [9.17, 15) is 4.79 Å². The van der Waals surface area contributed by atoms with Crippen LogP contribution < -0.4 is 5.32 Å². The molecule has 0 spiro atoms. The highest BCUT2D eigenvalue weighted by molar-refractivity contribution is 6.39. The number of halogens is 2. The van der Waals surface area contributed by atoms with Crippen molar-refractivity contribution in [1.29, 1.82) is 0 Å². The highest BCUT2D eigenvalue weighted by atomic mass is 35.5. The zero-order valence-electron chi connectivity index (χ0n) is 9.34. The second-order valence-corrected chi connectivity index (χ2v) is 5.01. The summed E-state index contributed by atoms with van der Waals surface area (Å²) in [5.41, 5.74) is 3.59. The topological polar surface area (TPSA) is 29.1 Å². The predicted molar refractivity (Wildman–Crippen MR) is 74.2 cm³/mol. The second kappa shape index (κ2) is 4.30. The summed E-state index contributed by atoms with van der Waals surface area (Å²) in [6.07, 6.45) is 0.408. The van der Waals surface area contributed by atoms with Gasteiger partial charge in [0.25, 0.3) is 0 Å². The average Bonchev–Trinajstić information content (AvgIpc) is 2.68. The number of hydrogen-bond acceptors (Lipinski definition) is 1. The van der Waals surface area contributed by atoms with Crippen LogP contribution in [0.4, 0.5) is 5.69 Å². The number of hydrogen-bond donors (Lipinski definition) is 1. The average molecular weight is 278 g/mol. The Morgan fingerprint density at radius 2 is 1.78 bits per heavy atom. The van der Waals surface area contributed by atoms with Crippen LogP contribution in [0.15, 0.2) is 36.4 Å². The van der Waals surface area contributed by atoms with E-state index >= 15 is 0 Å². The molecule has 1 N–H and O–H groups in total. The van der Waals surface area contributed by atoms with Crippen LogP contribution in [-0.2, 0) is 11.2 Å². The van der Waals surface area contributed by atoms with Crippen molar-refractivity contribution in [2.24, 2.45) is 0 Å². The number of fused-ring (bicyclic) bond motifs is 1. The lowest BCUT2D eigenvalue weighted by Gasteiger charge is -2.08. The molecule has 0 saturated heterocycles. The van der Waals surface area contributed by atoms with E-state index in [1.807, 2.05) is 24.3 Å². The van der Waals surface area contributed by atoms with Gasteiger partial charge in [0, 0.05) is 21.3 Å². The minimum Gasteiger partial charge on any atom is -0.326 e. The summed E-state index contributed by atoms with van der Waals surface area (Å²) in [4.78, 5) is 11.3. The molecular formula is C14H9Cl2NO. The summed E-state index contributed by atoms with van der Waals surface area (Å²) in [5, 5.41) is 4.02. The first-order chi connectivity index (χ1) is 8.65. The Morgan fingerprint density at radius 1 is 1.06 bits per heavy atom. The fourth-order valence-electron chi connectivity index (χ4n) is 2.16. The summed E-state index contributed by atoms with van der Waals surface area (Å²) in [7, 11) is 0. The number of carbonyl (C=O) groups excluding carboxylic acids is 1. The molecule has 0 unspecified atom stereocenters. The van der Waals surface area contributed by atoms with Gasteiger partial charge in [0.2, 0.25) is 5.91 Å². The third-order valence-corrected chi connectivity index (χ3v) is 3.61. The van der Waals surface area contributed by atoms with Crippen LogP contribution in [0, 0.1) is 0 Å². The lowest BCUT2D eigenvalue weighted by molar-refractivity contribution is -0.115. The summed E-state index contributed by atoms with van der Waals surface area (Å²) >= 11 is 12.4. The minimum absolute atomic E-state index is 0.0207. The Labute approximate surface area is 115 Å². The normalized spacial score (nSPS) is 13.3. The number of carbonyl (C=O) groups is 1. The zero-order valence-corrected chi connectivity index (χ0v) is 10.8. The molecule has 0 bridgehead atoms. The van der Waals surface area contributed by atoms with E-state index in [4.69, 9.17) is 23.2 Å². The standard InChI is InChI=1S/C14H9Cl2NO/c15-10-2-1-3-11(16)14(10)8-4-5-12-9(6-8)7-13(18)17-12/h1-6H,7H2,(H,17,18). The highest BCUT2D eigenvalue weighted by Gasteiger charge is 2.18. The van der Waals surface area contributed by atoms with Gasteiger partial charge in [-0.25, -0.2) is 0 Å². The molecule has 1 amide bonds. The van der Waals surface area contributed by atoms with Crippen molar-refractivity contribution in [3.63, 3.8) is 0 Å². The number of nitrogens with one attached hydrogen (secondary N) is 1. The summed E-state index contributed by atoms with van der Waals surface area (Å²) < 4.78 is 0. The first-order valence-electron chi connectivity index (χ1n) is 5.52. The molecule has 0 radical (unpaired) electrons. The number of benzene rings is 2. The van der Waals surface area contributed by atoms with Crippen LogP contribution in [0.2, 0.25) is 10.0 Å². The van der Waals surface area contributed by atoms with E-state index in [0.717, 1.165) is 22.4 Å². The van der Waals surface area contributed by atoms with E-state index in [0.29, 0.717) is 16.5 Å². The van der Waals surface area contributed by atoms with Gasteiger partial charge in [0.1, 0.15) is 0 Å². The Bertz CT molecular complexity index is 632.